The van der Waals surface area contributed by atoms with Crippen LogP contribution in [0.4, 0.5) is 0 Å². The van der Waals surface area contributed by atoms with Crippen LogP contribution in [-0.4, -0.2) is 67.0 Å². The second-order valence-electron chi connectivity index (χ2n) is 6.14. The van der Waals surface area contributed by atoms with Gasteiger partial charge in [-0.1, -0.05) is 24.3 Å². The quantitative estimate of drug-likeness (QED) is 0.852. The molecule has 1 aliphatic rings. The van der Waals surface area contributed by atoms with Gasteiger partial charge in [-0.15, -0.1) is 0 Å². The molecule has 122 valence electrons. The summed E-state index contributed by atoms with van der Waals surface area (Å²) in [7, 11) is 2.16. The van der Waals surface area contributed by atoms with E-state index in [1.807, 2.05) is 30.3 Å². The Morgan fingerprint density at radius 1 is 1.13 bits per heavy atom. The number of hydrogen-bond acceptors (Lipinski definition) is 4. The van der Waals surface area contributed by atoms with E-state index in [2.05, 4.69) is 27.1 Å². The first-order valence-corrected chi connectivity index (χ1v) is 8.27. The van der Waals surface area contributed by atoms with Gasteiger partial charge in [-0.25, -0.2) is 4.98 Å². The molecule has 1 amide bonds. The number of carbonyl (C=O) groups excluding carboxylic acids is 1. The molecule has 2 heterocycles. The number of para-hydroxylation sites is 1. The maximum absolute atomic E-state index is 12.2. The lowest BCUT2D eigenvalue weighted by atomic mass is 10.2. The average molecular weight is 312 g/mol. The molecule has 5 nitrogen and oxygen atoms in total. The topological polar surface area (TPSA) is 48.5 Å². The van der Waals surface area contributed by atoms with Crippen LogP contribution in [0.5, 0.6) is 0 Å². The van der Waals surface area contributed by atoms with Crippen LogP contribution in [0.2, 0.25) is 0 Å². The van der Waals surface area contributed by atoms with Crippen LogP contribution < -0.4 is 5.32 Å². The Morgan fingerprint density at radius 2 is 1.91 bits per heavy atom. The van der Waals surface area contributed by atoms with Gasteiger partial charge in [0.05, 0.1) is 5.52 Å². The predicted molar refractivity (Wildman–Crippen MR) is 92.6 cm³/mol. The Balaban J connectivity index is 1.45. The molecule has 0 saturated carbocycles. The monoisotopic (exact) mass is 312 g/mol. The highest BCUT2D eigenvalue weighted by Crippen LogP contribution is 2.11. The summed E-state index contributed by atoms with van der Waals surface area (Å²) in [4.78, 5) is 21.4. The summed E-state index contributed by atoms with van der Waals surface area (Å²) in [6.45, 7) is 6.24. The number of benzene rings is 1. The van der Waals surface area contributed by atoms with E-state index in [1.165, 1.54) is 0 Å². The molecule has 5 heteroatoms. The number of piperazine rings is 1. The van der Waals surface area contributed by atoms with Crippen molar-refractivity contribution in [2.24, 2.45) is 0 Å². The first-order valence-electron chi connectivity index (χ1n) is 8.27. The fourth-order valence-electron chi connectivity index (χ4n) is 2.86. The molecule has 0 atom stereocenters. The first kappa shape index (κ1) is 15.9. The van der Waals surface area contributed by atoms with Crippen LogP contribution in [0.1, 0.15) is 16.9 Å². The summed E-state index contributed by atoms with van der Waals surface area (Å²) in [6, 6.07) is 11.6. The van der Waals surface area contributed by atoms with Crippen molar-refractivity contribution in [3.05, 3.63) is 42.1 Å². The normalized spacial score (nSPS) is 16.6. The SMILES string of the molecule is CN1CCN(CCCNC(=O)c2ccc3ccccc3n2)CC1. The number of rotatable bonds is 5. The Hall–Kier alpha value is -1.98. The van der Waals surface area contributed by atoms with Gasteiger partial charge in [-0.2, -0.15) is 0 Å². The zero-order valence-electron chi connectivity index (χ0n) is 13.7. The number of amides is 1. The lowest BCUT2D eigenvalue weighted by Crippen LogP contribution is -2.45. The van der Waals surface area contributed by atoms with E-state index in [-0.39, 0.29) is 5.91 Å². The lowest BCUT2D eigenvalue weighted by molar-refractivity contribution is 0.0945. The average Bonchev–Trinajstić information content (AvgIpc) is 2.59. The lowest BCUT2D eigenvalue weighted by Gasteiger charge is -2.32. The Morgan fingerprint density at radius 3 is 2.74 bits per heavy atom. The van der Waals surface area contributed by atoms with Gasteiger partial charge in [0.1, 0.15) is 5.69 Å². The van der Waals surface area contributed by atoms with Crippen molar-refractivity contribution < 1.29 is 4.79 Å². The van der Waals surface area contributed by atoms with Crippen LogP contribution in [0, 0.1) is 0 Å². The van der Waals surface area contributed by atoms with Gasteiger partial charge in [0.2, 0.25) is 0 Å². The largest absolute Gasteiger partial charge is 0.351 e. The second kappa shape index (κ2) is 7.53. The summed E-state index contributed by atoms with van der Waals surface area (Å²) in [5.41, 5.74) is 1.35. The van der Waals surface area contributed by atoms with Gasteiger partial charge >= 0.3 is 0 Å². The molecular weight excluding hydrogens is 288 g/mol. The summed E-state index contributed by atoms with van der Waals surface area (Å²) >= 11 is 0. The van der Waals surface area contributed by atoms with E-state index < -0.39 is 0 Å². The Bertz CT molecular complexity index is 665. The molecule has 0 bridgehead atoms. The van der Waals surface area contributed by atoms with Crippen molar-refractivity contribution in [1.82, 2.24) is 20.1 Å². The molecular formula is C18H24N4O. The number of pyridine rings is 1. The molecule has 1 aromatic heterocycles. The second-order valence-corrected chi connectivity index (χ2v) is 6.14. The van der Waals surface area contributed by atoms with Crippen LogP contribution >= 0.6 is 0 Å². The van der Waals surface area contributed by atoms with E-state index in [0.717, 1.165) is 50.0 Å². The van der Waals surface area contributed by atoms with E-state index in [4.69, 9.17) is 0 Å². The highest BCUT2D eigenvalue weighted by molar-refractivity contribution is 5.94. The van der Waals surface area contributed by atoms with Crippen molar-refractivity contribution in [3.8, 4) is 0 Å². The third kappa shape index (κ3) is 4.27. The third-order valence-corrected chi connectivity index (χ3v) is 4.36. The molecule has 0 radical (unpaired) electrons. The van der Waals surface area contributed by atoms with Gasteiger partial charge in [0.25, 0.3) is 5.91 Å². The zero-order valence-corrected chi connectivity index (χ0v) is 13.7. The first-order chi connectivity index (χ1) is 11.2. The smallest absolute Gasteiger partial charge is 0.269 e. The van der Waals surface area contributed by atoms with Gasteiger partial charge in [0, 0.05) is 38.1 Å². The van der Waals surface area contributed by atoms with Crippen molar-refractivity contribution in [2.45, 2.75) is 6.42 Å². The molecule has 1 aliphatic heterocycles. The molecule has 1 aromatic carbocycles. The third-order valence-electron chi connectivity index (χ3n) is 4.36. The van der Waals surface area contributed by atoms with E-state index in [0.29, 0.717) is 12.2 Å². The summed E-state index contributed by atoms with van der Waals surface area (Å²) in [5, 5.41) is 4.03. The minimum absolute atomic E-state index is 0.0888. The number of nitrogens with one attached hydrogen (secondary N) is 1. The van der Waals surface area contributed by atoms with Crippen LogP contribution in [0.25, 0.3) is 10.9 Å². The molecule has 0 aliphatic carbocycles. The highest BCUT2D eigenvalue weighted by Gasteiger charge is 2.13. The number of likely N-dealkylation sites (N-methyl/N-ethyl adjacent to an activating group) is 1. The molecule has 1 N–H and O–H groups in total. The van der Waals surface area contributed by atoms with Crippen LogP contribution in [0.15, 0.2) is 36.4 Å². The van der Waals surface area contributed by atoms with Crippen LogP contribution in [-0.2, 0) is 0 Å². The summed E-state index contributed by atoms with van der Waals surface area (Å²) in [6.07, 6.45) is 0.975. The highest BCUT2D eigenvalue weighted by atomic mass is 16.1. The van der Waals surface area contributed by atoms with Crippen molar-refractivity contribution in [3.63, 3.8) is 0 Å². The van der Waals surface area contributed by atoms with Gasteiger partial charge in [-0.3, -0.25) is 4.79 Å². The number of hydrogen-bond donors (Lipinski definition) is 1. The number of fused-ring (bicyclic) bond motifs is 1. The number of nitrogens with zero attached hydrogens (tertiary/aromatic N) is 3. The Labute approximate surface area is 137 Å². The van der Waals surface area contributed by atoms with Gasteiger partial charge in [0.15, 0.2) is 0 Å². The fraction of sp³-hybridized carbons (Fsp3) is 0.444. The molecule has 2 aromatic rings. The molecule has 3 rings (SSSR count). The minimum Gasteiger partial charge on any atom is -0.351 e. The molecule has 1 saturated heterocycles. The fourth-order valence-corrected chi connectivity index (χ4v) is 2.86. The number of aromatic nitrogens is 1. The molecule has 0 unspecified atom stereocenters. The van der Waals surface area contributed by atoms with Crippen LogP contribution in [0.3, 0.4) is 0 Å². The number of carbonyl (C=O) groups is 1. The van der Waals surface area contributed by atoms with E-state index >= 15 is 0 Å². The van der Waals surface area contributed by atoms with Crippen molar-refractivity contribution in [2.75, 3.05) is 46.3 Å². The molecule has 1 fully saturated rings. The van der Waals surface area contributed by atoms with Gasteiger partial charge in [-0.05, 0) is 32.1 Å². The molecule has 0 spiro atoms. The van der Waals surface area contributed by atoms with Gasteiger partial charge < -0.3 is 15.1 Å². The zero-order chi connectivity index (χ0) is 16.1. The maximum atomic E-state index is 12.2. The summed E-state index contributed by atoms with van der Waals surface area (Å²) in [5.74, 6) is -0.0888. The Kier molecular flexibility index (Phi) is 5.20. The van der Waals surface area contributed by atoms with E-state index in [9.17, 15) is 4.79 Å². The standard InChI is InChI=1S/C18H24N4O/c1-21-11-13-22(14-12-21)10-4-9-19-18(23)17-8-7-15-5-2-3-6-16(15)20-17/h2-3,5-8H,4,9-14H2,1H3,(H,19,23). The van der Waals surface area contributed by atoms with Crippen molar-refractivity contribution >= 4 is 16.8 Å². The maximum Gasteiger partial charge on any atom is 0.269 e. The predicted octanol–water partition coefficient (Wildman–Crippen LogP) is 1.60. The van der Waals surface area contributed by atoms with E-state index in [1.54, 1.807) is 6.07 Å². The van der Waals surface area contributed by atoms with Crippen molar-refractivity contribution in [1.29, 1.82) is 0 Å². The minimum atomic E-state index is -0.0888. The summed E-state index contributed by atoms with van der Waals surface area (Å²) < 4.78 is 0. The molecule has 23 heavy (non-hydrogen) atoms.